The van der Waals surface area contributed by atoms with Gasteiger partial charge in [-0.1, -0.05) is 42.5 Å². The summed E-state index contributed by atoms with van der Waals surface area (Å²) in [4.78, 5) is 24.4. The van der Waals surface area contributed by atoms with Crippen molar-refractivity contribution in [1.82, 2.24) is 5.43 Å². The van der Waals surface area contributed by atoms with Crippen LogP contribution in [0.1, 0.15) is 28.4 Å². The lowest BCUT2D eigenvalue weighted by molar-refractivity contribution is -0.127. The molecule has 38 heavy (non-hydrogen) atoms. The van der Waals surface area contributed by atoms with Gasteiger partial charge in [0.15, 0.2) is 6.10 Å². The Hall–Kier alpha value is -4.98. The molecule has 0 aliphatic carbocycles. The lowest BCUT2D eigenvalue weighted by Crippen LogP contribution is -2.33. The molecule has 4 aromatic rings. The van der Waals surface area contributed by atoms with E-state index in [-0.39, 0.29) is 11.3 Å². The van der Waals surface area contributed by atoms with Crippen molar-refractivity contribution in [2.75, 3.05) is 0 Å². The number of esters is 1. The minimum absolute atomic E-state index is 0.149. The second-order valence-electron chi connectivity index (χ2n) is 8.18. The second-order valence-corrected chi connectivity index (χ2v) is 8.18. The normalized spacial score (nSPS) is 11.5. The minimum Gasteiger partial charge on any atom is -0.489 e. The summed E-state index contributed by atoms with van der Waals surface area (Å²) in [6.07, 6.45) is 0.648. The molecule has 0 fully saturated rings. The third kappa shape index (κ3) is 7.51. The van der Waals surface area contributed by atoms with Crippen LogP contribution in [0.15, 0.2) is 108 Å². The van der Waals surface area contributed by atoms with Crippen molar-refractivity contribution in [2.45, 2.75) is 19.6 Å². The molecule has 4 rings (SSSR count). The molecule has 0 spiro atoms. The number of nitrogens with zero attached hydrogens (tertiary/aromatic N) is 1. The highest BCUT2D eigenvalue weighted by atomic mass is 19.1. The molecule has 1 unspecified atom stereocenters. The van der Waals surface area contributed by atoms with Gasteiger partial charge in [0.25, 0.3) is 5.91 Å². The van der Waals surface area contributed by atoms with Crippen molar-refractivity contribution in [1.29, 1.82) is 0 Å². The Morgan fingerprint density at radius 1 is 0.842 bits per heavy atom. The molecule has 7 nitrogen and oxygen atoms in total. The van der Waals surface area contributed by atoms with Gasteiger partial charge in [-0.05, 0) is 78.7 Å². The van der Waals surface area contributed by atoms with E-state index >= 15 is 0 Å². The van der Waals surface area contributed by atoms with Gasteiger partial charge in [0, 0.05) is 0 Å². The van der Waals surface area contributed by atoms with Crippen LogP contribution in [0.2, 0.25) is 0 Å². The van der Waals surface area contributed by atoms with E-state index in [4.69, 9.17) is 14.2 Å². The SMILES string of the molecule is CC(Oc1ccc(OCc2ccccc2)cc1)C(=O)N/N=C/c1ccc(OC(=O)c2ccccc2F)cc1. The number of hydrogen-bond donors (Lipinski definition) is 1. The highest BCUT2D eigenvalue weighted by Gasteiger charge is 2.15. The van der Waals surface area contributed by atoms with Gasteiger partial charge in [0.2, 0.25) is 0 Å². The van der Waals surface area contributed by atoms with Crippen molar-refractivity contribution in [3.8, 4) is 17.2 Å². The summed E-state index contributed by atoms with van der Waals surface area (Å²) < 4.78 is 30.3. The summed E-state index contributed by atoms with van der Waals surface area (Å²) in [6, 6.07) is 28.8. The van der Waals surface area contributed by atoms with Crippen molar-refractivity contribution >= 4 is 18.1 Å². The molecule has 192 valence electrons. The third-order valence-electron chi connectivity index (χ3n) is 5.33. The van der Waals surface area contributed by atoms with Crippen LogP contribution < -0.4 is 19.6 Å². The van der Waals surface area contributed by atoms with E-state index in [2.05, 4.69) is 10.5 Å². The molecular formula is C30H25FN2O5. The van der Waals surface area contributed by atoms with Gasteiger partial charge in [-0.2, -0.15) is 5.10 Å². The zero-order chi connectivity index (χ0) is 26.7. The number of halogens is 1. The van der Waals surface area contributed by atoms with E-state index in [1.807, 2.05) is 30.3 Å². The molecule has 0 aliphatic heterocycles. The number of nitrogens with one attached hydrogen (secondary N) is 1. The van der Waals surface area contributed by atoms with Crippen LogP contribution in [0.5, 0.6) is 17.2 Å². The monoisotopic (exact) mass is 512 g/mol. The van der Waals surface area contributed by atoms with Gasteiger partial charge < -0.3 is 14.2 Å². The van der Waals surface area contributed by atoms with Gasteiger partial charge in [-0.3, -0.25) is 4.79 Å². The quantitative estimate of drug-likeness (QED) is 0.130. The van der Waals surface area contributed by atoms with Gasteiger partial charge in [-0.25, -0.2) is 14.6 Å². The molecule has 0 heterocycles. The molecule has 0 aromatic heterocycles. The number of benzene rings is 4. The predicted molar refractivity (Wildman–Crippen MR) is 141 cm³/mol. The van der Waals surface area contributed by atoms with Crippen LogP contribution in [0, 0.1) is 5.82 Å². The lowest BCUT2D eigenvalue weighted by atomic mass is 10.2. The smallest absolute Gasteiger partial charge is 0.346 e. The number of carbonyl (C=O) groups excluding carboxylic acids is 2. The summed E-state index contributed by atoms with van der Waals surface area (Å²) in [5.74, 6) is -0.417. The largest absolute Gasteiger partial charge is 0.489 e. The molecule has 1 amide bonds. The van der Waals surface area contributed by atoms with E-state index in [0.717, 1.165) is 5.56 Å². The average molecular weight is 513 g/mol. The number of amides is 1. The Labute approximate surface area is 219 Å². The molecule has 0 bridgehead atoms. The maximum Gasteiger partial charge on any atom is 0.346 e. The average Bonchev–Trinajstić information content (AvgIpc) is 2.94. The van der Waals surface area contributed by atoms with Crippen molar-refractivity contribution in [3.05, 3.63) is 126 Å². The third-order valence-corrected chi connectivity index (χ3v) is 5.33. The zero-order valence-corrected chi connectivity index (χ0v) is 20.5. The summed E-state index contributed by atoms with van der Waals surface area (Å²) in [6.45, 7) is 2.07. The number of rotatable bonds is 10. The molecule has 1 N–H and O–H groups in total. The maximum atomic E-state index is 13.7. The maximum absolute atomic E-state index is 13.7. The van der Waals surface area contributed by atoms with E-state index < -0.39 is 23.8 Å². The van der Waals surface area contributed by atoms with Crippen molar-refractivity contribution in [3.63, 3.8) is 0 Å². The molecule has 0 saturated heterocycles. The highest BCUT2D eigenvalue weighted by Crippen LogP contribution is 2.20. The highest BCUT2D eigenvalue weighted by molar-refractivity contribution is 5.91. The van der Waals surface area contributed by atoms with Crippen LogP contribution in [-0.2, 0) is 11.4 Å². The molecular weight excluding hydrogens is 487 g/mol. The summed E-state index contributed by atoms with van der Waals surface area (Å²) >= 11 is 0. The molecule has 0 radical (unpaired) electrons. The van der Waals surface area contributed by atoms with Crippen LogP contribution in [0.4, 0.5) is 4.39 Å². The molecule has 4 aromatic carbocycles. The van der Waals surface area contributed by atoms with E-state index in [9.17, 15) is 14.0 Å². The van der Waals surface area contributed by atoms with Crippen LogP contribution in [0.3, 0.4) is 0 Å². The van der Waals surface area contributed by atoms with Gasteiger partial charge in [0.05, 0.1) is 11.8 Å². The Bertz CT molecular complexity index is 1390. The number of hydrazone groups is 1. The number of hydrogen-bond acceptors (Lipinski definition) is 6. The fourth-order valence-corrected chi connectivity index (χ4v) is 3.29. The Balaban J connectivity index is 1.22. The van der Waals surface area contributed by atoms with Gasteiger partial charge >= 0.3 is 5.97 Å². The Morgan fingerprint density at radius 3 is 2.18 bits per heavy atom. The van der Waals surface area contributed by atoms with E-state index in [0.29, 0.717) is 23.7 Å². The topological polar surface area (TPSA) is 86.2 Å². The van der Waals surface area contributed by atoms with Gasteiger partial charge in [0.1, 0.15) is 29.7 Å². The summed E-state index contributed by atoms with van der Waals surface area (Å²) in [7, 11) is 0. The summed E-state index contributed by atoms with van der Waals surface area (Å²) in [5.41, 5.74) is 4.00. The lowest BCUT2D eigenvalue weighted by Gasteiger charge is -2.13. The Kier molecular flexibility index (Phi) is 8.80. The fourth-order valence-electron chi connectivity index (χ4n) is 3.29. The first-order valence-corrected chi connectivity index (χ1v) is 11.8. The molecule has 0 aliphatic rings. The predicted octanol–water partition coefficient (Wildman–Crippen LogP) is 5.54. The van der Waals surface area contributed by atoms with Crippen molar-refractivity contribution in [2.24, 2.45) is 5.10 Å². The first-order valence-electron chi connectivity index (χ1n) is 11.8. The van der Waals surface area contributed by atoms with Gasteiger partial charge in [-0.15, -0.1) is 0 Å². The standard InChI is InChI=1S/C30H25FN2O5/c1-21(37-25-17-15-24(16-18-25)36-20-23-7-3-2-4-8-23)29(34)33-32-19-22-11-13-26(14-12-22)38-30(35)27-9-5-6-10-28(27)31/h2-19,21H,20H2,1H3,(H,33,34)/b32-19+. The number of ether oxygens (including phenoxy) is 3. The number of carbonyl (C=O) groups is 2. The van der Waals surface area contributed by atoms with Crippen LogP contribution in [0.25, 0.3) is 0 Å². The van der Waals surface area contributed by atoms with Crippen LogP contribution in [-0.4, -0.2) is 24.2 Å². The fraction of sp³-hybridized carbons (Fsp3) is 0.100. The Morgan fingerprint density at radius 2 is 1.47 bits per heavy atom. The van der Waals surface area contributed by atoms with E-state index in [1.165, 1.54) is 24.4 Å². The first-order chi connectivity index (χ1) is 18.5. The molecule has 1 atom stereocenters. The second kappa shape index (κ2) is 12.8. The van der Waals surface area contributed by atoms with Crippen molar-refractivity contribution < 1.29 is 28.2 Å². The first kappa shape index (κ1) is 26.1. The van der Waals surface area contributed by atoms with E-state index in [1.54, 1.807) is 61.5 Å². The molecule has 0 saturated carbocycles. The molecule has 8 heteroatoms. The minimum atomic E-state index is -0.792. The zero-order valence-electron chi connectivity index (χ0n) is 20.5. The summed E-state index contributed by atoms with van der Waals surface area (Å²) in [5, 5.41) is 3.94. The van der Waals surface area contributed by atoms with Crippen LogP contribution >= 0.6 is 0 Å².